The molecule has 1 N–H and O–H groups in total. The van der Waals surface area contributed by atoms with E-state index in [2.05, 4.69) is 22.2 Å². The Bertz CT molecular complexity index is 1010. The zero-order valence-electron chi connectivity index (χ0n) is 16.9. The van der Waals surface area contributed by atoms with Gasteiger partial charge in [0.15, 0.2) is 5.65 Å². The summed E-state index contributed by atoms with van der Waals surface area (Å²) in [5.41, 5.74) is 3.14. The van der Waals surface area contributed by atoms with E-state index in [1.165, 1.54) is 6.33 Å². The van der Waals surface area contributed by atoms with Crippen molar-refractivity contribution in [1.82, 2.24) is 19.5 Å². The van der Waals surface area contributed by atoms with Crippen molar-refractivity contribution < 1.29 is 14.6 Å². The topological polar surface area (TPSA) is 80.0 Å². The van der Waals surface area contributed by atoms with Crippen molar-refractivity contribution in [3.63, 3.8) is 0 Å². The number of carbonyl (C=O) groups excluding carboxylic acids is 1. The number of benzene rings is 1. The monoisotopic (exact) mass is 394 g/mol. The number of hydrogen-bond acceptors (Lipinski definition) is 5. The van der Waals surface area contributed by atoms with Crippen molar-refractivity contribution in [2.75, 3.05) is 6.54 Å². The van der Waals surface area contributed by atoms with Crippen LogP contribution in [0.15, 0.2) is 48.9 Å². The third kappa shape index (κ3) is 4.24. The zero-order valence-corrected chi connectivity index (χ0v) is 16.9. The van der Waals surface area contributed by atoms with Gasteiger partial charge < -0.3 is 14.7 Å². The Labute approximate surface area is 169 Å². The van der Waals surface area contributed by atoms with Gasteiger partial charge >= 0.3 is 6.09 Å². The van der Waals surface area contributed by atoms with Crippen LogP contribution in [0.25, 0.3) is 16.8 Å². The molecular formula is C22H26N4O3. The van der Waals surface area contributed by atoms with Crippen LogP contribution in [0.1, 0.15) is 45.2 Å². The quantitative estimate of drug-likeness (QED) is 0.711. The lowest BCUT2D eigenvalue weighted by Gasteiger charge is -2.37. The Kier molecular flexibility index (Phi) is 5.00. The van der Waals surface area contributed by atoms with E-state index in [1.807, 2.05) is 37.4 Å². The first-order valence-electron chi connectivity index (χ1n) is 9.89. The first kappa shape index (κ1) is 19.4. The Hall–Kier alpha value is -2.93. The number of aliphatic hydroxyl groups is 1. The summed E-state index contributed by atoms with van der Waals surface area (Å²) >= 11 is 0. The van der Waals surface area contributed by atoms with E-state index >= 15 is 0 Å². The molecule has 7 nitrogen and oxygen atoms in total. The largest absolute Gasteiger partial charge is 0.446 e. The second kappa shape index (κ2) is 7.48. The minimum absolute atomic E-state index is 0.0857. The van der Waals surface area contributed by atoms with Crippen molar-refractivity contribution in [3.05, 3.63) is 54.5 Å². The van der Waals surface area contributed by atoms with Gasteiger partial charge in [-0.2, -0.15) is 5.10 Å². The second-order valence-corrected chi connectivity index (χ2v) is 8.28. The molecule has 2 unspecified atom stereocenters. The number of pyridine rings is 1. The van der Waals surface area contributed by atoms with Gasteiger partial charge in [0.25, 0.3) is 0 Å². The van der Waals surface area contributed by atoms with Crippen LogP contribution in [-0.4, -0.2) is 48.9 Å². The highest BCUT2D eigenvalue weighted by Gasteiger charge is 2.33. The zero-order chi connectivity index (χ0) is 20.6. The maximum absolute atomic E-state index is 12.5. The molecule has 3 aromatic rings. The van der Waals surface area contributed by atoms with Crippen molar-refractivity contribution in [2.45, 2.75) is 51.4 Å². The van der Waals surface area contributed by atoms with Gasteiger partial charge in [0.1, 0.15) is 12.4 Å². The maximum atomic E-state index is 12.5. The maximum Gasteiger partial charge on any atom is 0.410 e. The molecule has 1 fully saturated rings. The van der Waals surface area contributed by atoms with E-state index in [1.54, 1.807) is 23.3 Å². The summed E-state index contributed by atoms with van der Waals surface area (Å²) in [5.74, 6) is 0. The van der Waals surface area contributed by atoms with E-state index in [0.717, 1.165) is 28.8 Å². The number of fused-ring (bicyclic) bond motifs is 1. The number of hydrogen-bond donors (Lipinski definition) is 1. The summed E-state index contributed by atoms with van der Waals surface area (Å²) in [6.45, 7) is 6.09. The van der Waals surface area contributed by atoms with Gasteiger partial charge in [-0.1, -0.05) is 24.3 Å². The molecule has 1 amide bonds. The Morgan fingerprint density at radius 3 is 2.62 bits per heavy atom. The molecule has 0 saturated carbocycles. The van der Waals surface area contributed by atoms with Crippen LogP contribution < -0.4 is 0 Å². The molecule has 0 spiro atoms. The first-order chi connectivity index (χ1) is 13.8. The Balaban J connectivity index is 1.45. The standard InChI is InChI=1S/C22H26N4O3/c1-15(25-11-10-19(29-21(25)27)12-22(2,3)28)16-4-6-17(7-5-16)18-8-9-20-23-14-24-26(20)13-18/h4-9,13-15,19,28H,10-12H2,1-3H3. The SMILES string of the molecule is CC(c1ccc(-c2ccc3ncnn3c2)cc1)N1CCC(CC(C)(C)O)OC1=O. The Morgan fingerprint density at radius 1 is 1.21 bits per heavy atom. The molecule has 2 aromatic heterocycles. The van der Waals surface area contributed by atoms with Gasteiger partial charge in [0.2, 0.25) is 0 Å². The van der Waals surface area contributed by atoms with Crippen LogP contribution in [0.4, 0.5) is 4.79 Å². The summed E-state index contributed by atoms with van der Waals surface area (Å²) in [7, 11) is 0. The third-order valence-corrected chi connectivity index (χ3v) is 5.39. The van der Waals surface area contributed by atoms with Gasteiger partial charge in [-0.25, -0.2) is 14.3 Å². The molecule has 3 heterocycles. The predicted molar refractivity (Wildman–Crippen MR) is 109 cm³/mol. The summed E-state index contributed by atoms with van der Waals surface area (Å²) in [5, 5.41) is 14.1. The number of aromatic nitrogens is 3. The van der Waals surface area contributed by atoms with Crippen LogP contribution in [0, 0.1) is 0 Å². The lowest BCUT2D eigenvalue weighted by molar-refractivity contribution is -0.0309. The molecule has 29 heavy (non-hydrogen) atoms. The lowest BCUT2D eigenvalue weighted by Crippen LogP contribution is -2.45. The minimum Gasteiger partial charge on any atom is -0.446 e. The van der Waals surface area contributed by atoms with Gasteiger partial charge in [-0.05, 0) is 44.0 Å². The number of cyclic esters (lactones) is 1. The van der Waals surface area contributed by atoms with E-state index in [-0.39, 0.29) is 18.2 Å². The number of nitrogens with zero attached hydrogens (tertiary/aromatic N) is 4. The summed E-state index contributed by atoms with van der Waals surface area (Å²) < 4.78 is 7.30. The number of carbonyl (C=O) groups is 1. The highest BCUT2D eigenvalue weighted by Crippen LogP contribution is 2.29. The molecule has 0 bridgehead atoms. The molecule has 7 heteroatoms. The summed E-state index contributed by atoms with van der Waals surface area (Å²) in [6, 6.07) is 12.1. The van der Waals surface area contributed by atoms with E-state index in [0.29, 0.717) is 13.0 Å². The van der Waals surface area contributed by atoms with E-state index < -0.39 is 5.60 Å². The average Bonchev–Trinajstić information content (AvgIpc) is 3.14. The molecular weight excluding hydrogens is 368 g/mol. The normalized spacial score (nSPS) is 18.7. The lowest BCUT2D eigenvalue weighted by atomic mass is 9.97. The predicted octanol–water partition coefficient (Wildman–Crippen LogP) is 3.83. The smallest absolute Gasteiger partial charge is 0.410 e. The van der Waals surface area contributed by atoms with E-state index in [9.17, 15) is 9.90 Å². The number of amides is 1. The summed E-state index contributed by atoms with van der Waals surface area (Å²) in [4.78, 5) is 18.4. The third-order valence-electron chi connectivity index (χ3n) is 5.39. The number of rotatable bonds is 5. The van der Waals surface area contributed by atoms with E-state index in [4.69, 9.17) is 4.74 Å². The van der Waals surface area contributed by atoms with Crippen LogP contribution in [0.3, 0.4) is 0 Å². The van der Waals surface area contributed by atoms with Gasteiger partial charge in [0, 0.05) is 31.1 Å². The highest BCUT2D eigenvalue weighted by atomic mass is 16.6. The molecule has 0 aliphatic carbocycles. The van der Waals surface area contributed by atoms with Crippen molar-refractivity contribution >= 4 is 11.7 Å². The summed E-state index contributed by atoms with van der Waals surface area (Å²) in [6.07, 6.45) is 4.10. The van der Waals surface area contributed by atoms with Crippen molar-refractivity contribution in [3.8, 4) is 11.1 Å². The van der Waals surface area contributed by atoms with Crippen LogP contribution in [-0.2, 0) is 4.74 Å². The molecule has 152 valence electrons. The second-order valence-electron chi connectivity index (χ2n) is 8.28. The molecule has 1 saturated heterocycles. The highest BCUT2D eigenvalue weighted by molar-refractivity contribution is 5.69. The van der Waals surface area contributed by atoms with Crippen molar-refractivity contribution in [2.24, 2.45) is 0 Å². The molecule has 1 aliphatic rings. The average molecular weight is 394 g/mol. The molecule has 1 aromatic carbocycles. The van der Waals surface area contributed by atoms with Crippen LogP contribution in [0.5, 0.6) is 0 Å². The first-order valence-corrected chi connectivity index (χ1v) is 9.89. The van der Waals surface area contributed by atoms with Gasteiger partial charge in [-0.3, -0.25) is 0 Å². The molecule has 2 atom stereocenters. The molecule has 1 aliphatic heterocycles. The van der Waals surface area contributed by atoms with Crippen LogP contribution in [0.2, 0.25) is 0 Å². The van der Waals surface area contributed by atoms with Crippen molar-refractivity contribution in [1.29, 1.82) is 0 Å². The Morgan fingerprint density at radius 2 is 1.93 bits per heavy atom. The fourth-order valence-electron chi connectivity index (χ4n) is 3.82. The fraction of sp³-hybridized carbons (Fsp3) is 0.409. The van der Waals surface area contributed by atoms with Gasteiger partial charge in [-0.15, -0.1) is 0 Å². The number of ether oxygens (including phenoxy) is 1. The van der Waals surface area contributed by atoms with Gasteiger partial charge in [0.05, 0.1) is 11.6 Å². The van der Waals surface area contributed by atoms with Crippen LogP contribution >= 0.6 is 0 Å². The minimum atomic E-state index is -0.843. The molecule has 0 radical (unpaired) electrons. The fourth-order valence-corrected chi connectivity index (χ4v) is 3.82. The molecule has 4 rings (SSSR count).